The number of imide groups is 1. The second kappa shape index (κ2) is 6.15. The first-order valence-electron chi connectivity index (χ1n) is 6.34. The van der Waals surface area contributed by atoms with E-state index in [9.17, 15) is 9.59 Å². The summed E-state index contributed by atoms with van der Waals surface area (Å²) in [6, 6.07) is -0.0503. The van der Waals surface area contributed by atoms with Gasteiger partial charge in [0.05, 0.1) is 6.54 Å². The summed E-state index contributed by atoms with van der Waals surface area (Å²) < 4.78 is 0. The minimum Gasteiger partial charge on any atom is -0.333 e. The number of piperazine rings is 1. The van der Waals surface area contributed by atoms with Crippen LogP contribution in [0, 0.1) is 0 Å². The fourth-order valence-electron chi connectivity index (χ4n) is 1.90. The molecule has 0 bridgehead atoms. The van der Waals surface area contributed by atoms with Gasteiger partial charge in [0.2, 0.25) is 5.91 Å². The predicted octanol–water partition coefficient (Wildman–Crippen LogP) is -0.0956. The van der Waals surface area contributed by atoms with Gasteiger partial charge in [0.25, 0.3) is 0 Å². The van der Waals surface area contributed by atoms with Gasteiger partial charge in [0.1, 0.15) is 0 Å². The zero-order valence-electron chi connectivity index (χ0n) is 11.7. The number of hydrogen-bond acceptors (Lipinski definition) is 4. The molecule has 104 valence electrons. The minimum atomic E-state index is -0.435. The summed E-state index contributed by atoms with van der Waals surface area (Å²) in [7, 11) is 0. The molecule has 1 heterocycles. The third-order valence-electron chi connectivity index (χ3n) is 2.56. The van der Waals surface area contributed by atoms with Crippen LogP contribution in [0.3, 0.4) is 0 Å². The van der Waals surface area contributed by atoms with E-state index in [4.69, 9.17) is 0 Å². The average molecular weight is 256 g/mol. The predicted molar refractivity (Wildman–Crippen MR) is 70.3 cm³/mol. The molecule has 1 saturated heterocycles. The number of carbonyl (C=O) groups excluding carboxylic acids is 2. The van der Waals surface area contributed by atoms with E-state index in [2.05, 4.69) is 22.9 Å². The highest BCUT2D eigenvalue weighted by atomic mass is 16.2. The Kier molecular flexibility index (Phi) is 5.10. The third-order valence-corrected chi connectivity index (χ3v) is 2.56. The van der Waals surface area contributed by atoms with Crippen molar-refractivity contribution in [1.29, 1.82) is 0 Å². The highest BCUT2D eigenvalue weighted by Gasteiger charge is 2.20. The summed E-state index contributed by atoms with van der Waals surface area (Å²) in [6.07, 6.45) is 0. The first-order valence-corrected chi connectivity index (χ1v) is 6.34. The Bertz CT molecular complexity index is 312. The van der Waals surface area contributed by atoms with E-state index in [1.54, 1.807) is 0 Å². The normalized spacial score (nSPS) is 21.4. The summed E-state index contributed by atoms with van der Waals surface area (Å²) in [5.41, 5.74) is -0.339. The molecule has 6 heteroatoms. The molecule has 0 unspecified atom stereocenters. The quantitative estimate of drug-likeness (QED) is 0.645. The lowest BCUT2D eigenvalue weighted by Gasteiger charge is -2.31. The van der Waals surface area contributed by atoms with E-state index in [-0.39, 0.29) is 18.0 Å². The molecule has 0 aromatic carbocycles. The Morgan fingerprint density at radius 1 is 1.39 bits per heavy atom. The fourth-order valence-corrected chi connectivity index (χ4v) is 1.90. The van der Waals surface area contributed by atoms with Crippen molar-refractivity contribution in [2.45, 2.75) is 39.3 Å². The lowest BCUT2D eigenvalue weighted by Crippen LogP contribution is -2.54. The Balaban J connectivity index is 2.30. The SMILES string of the molecule is C[C@H]1CN(CC(=O)NC(=O)NC(C)(C)C)CCN1. The second-order valence-electron chi connectivity index (χ2n) is 5.84. The molecule has 1 aliphatic heterocycles. The third kappa shape index (κ3) is 5.97. The van der Waals surface area contributed by atoms with Gasteiger partial charge in [-0.2, -0.15) is 0 Å². The molecule has 0 spiro atoms. The molecule has 1 rings (SSSR count). The van der Waals surface area contributed by atoms with Crippen LogP contribution in [-0.2, 0) is 4.79 Å². The van der Waals surface area contributed by atoms with Crippen molar-refractivity contribution in [3.8, 4) is 0 Å². The summed E-state index contributed by atoms with van der Waals surface area (Å²) in [6.45, 7) is 10.5. The van der Waals surface area contributed by atoms with E-state index in [0.717, 1.165) is 19.6 Å². The lowest BCUT2D eigenvalue weighted by molar-refractivity contribution is -0.121. The maximum atomic E-state index is 11.7. The zero-order valence-corrected chi connectivity index (χ0v) is 11.7. The standard InChI is InChI=1S/C12H24N4O2/c1-9-7-16(6-5-13-9)8-10(17)14-11(18)15-12(2,3)4/h9,13H,5-8H2,1-4H3,(H2,14,15,17,18)/t9-/m0/s1. The minimum absolute atomic E-state index is 0.258. The van der Waals surface area contributed by atoms with Crippen LogP contribution in [0.2, 0.25) is 0 Å². The van der Waals surface area contributed by atoms with Crippen LogP contribution < -0.4 is 16.0 Å². The molecule has 0 aromatic rings. The first kappa shape index (κ1) is 14.9. The van der Waals surface area contributed by atoms with E-state index in [1.807, 2.05) is 25.7 Å². The highest BCUT2D eigenvalue weighted by Crippen LogP contribution is 1.99. The van der Waals surface area contributed by atoms with E-state index < -0.39 is 6.03 Å². The van der Waals surface area contributed by atoms with Gasteiger partial charge in [-0.15, -0.1) is 0 Å². The van der Waals surface area contributed by atoms with Crippen molar-refractivity contribution in [2.24, 2.45) is 0 Å². The largest absolute Gasteiger partial charge is 0.333 e. The maximum Gasteiger partial charge on any atom is 0.321 e. The number of nitrogens with zero attached hydrogens (tertiary/aromatic N) is 1. The first-order chi connectivity index (χ1) is 8.26. The number of urea groups is 1. The molecule has 1 aliphatic rings. The molecule has 3 amide bonds. The Morgan fingerprint density at radius 3 is 2.61 bits per heavy atom. The molecule has 6 nitrogen and oxygen atoms in total. The van der Waals surface area contributed by atoms with Crippen LogP contribution in [0.4, 0.5) is 4.79 Å². The van der Waals surface area contributed by atoms with Crippen LogP contribution in [0.15, 0.2) is 0 Å². The van der Waals surface area contributed by atoms with Crippen LogP contribution in [0.1, 0.15) is 27.7 Å². The van der Waals surface area contributed by atoms with Crippen molar-refractivity contribution >= 4 is 11.9 Å². The molecule has 3 N–H and O–H groups in total. The Hall–Kier alpha value is -1.14. The summed E-state index contributed by atoms with van der Waals surface area (Å²) in [4.78, 5) is 25.2. The summed E-state index contributed by atoms with van der Waals surface area (Å²) in [5, 5.41) is 8.35. The van der Waals surface area contributed by atoms with Gasteiger partial charge in [0, 0.05) is 31.2 Å². The number of carbonyl (C=O) groups is 2. The van der Waals surface area contributed by atoms with Crippen molar-refractivity contribution in [2.75, 3.05) is 26.2 Å². The average Bonchev–Trinajstić information content (AvgIpc) is 2.13. The second-order valence-corrected chi connectivity index (χ2v) is 5.84. The lowest BCUT2D eigenvalue weighted by atomic mass is 10.1. The fraction of sp³-hybridized carbons (Fsp3) is 0.833. The van der Waals surface area contributed by atoms with Gasteiger partial charge in [-0.1, -0.05) is 0 Å². The van der Waals surface area contributed by atoms with Crippen LogP contribution in [-0.4, -0.2) is 54.6 Å². The molecule has 1 fully saturated rings. The maximum absolute atomic E-state index is 11.7. The monoisotopic (exact) mass is 256 g/mol. The number of nitrogens with one attached hydrogen (secondary N) is 3. The number of hydrogen-bond donors (Lipinski definition) is 3. The number of rotatable bonds is 2. The van der Waals surface area contributed by atoms with Gasteiger partial charge in [-0.25, -0.2) is 4.79 Å². The number of amides is 3. The molecule has 18 heavy (non-hydrogen) atoms. The molecular weight excluding hydrogens is 232 g/mol. The molecule has 0 radical (unpaired) electrons. The van der Waals surface area contributed by atoms with Crippen LogP contribution in [0.25, 0.3) is 0 Å². The van der Waals surface area contributed by atoms with Gasteiger partial charge < -0.3 is 10.6 Å². The zero-order chi connectivity index (χ0) is 13.8. The molecular formula is C12H24N4O2. The Morgan fingerprint density at radius 2 is 2.06 bits per heavy atom. The van der Waals surface area contributed by atoms with Crippen LogP contribution in [0.5, 0.6) is 0 Å². The van der Waals surface area contributed by atoms with Gasteiger partial charge >= 0.3 is 6.03 Å². The van der Waals surface area contributed by atoms with Crippen molar-refractivity contribution in [3.05, 3.63) is 0 Å². The molecule has 1 atom stereocenters. The van der Waals surface area contributed by atoms with Gasteiger partial charge in [0.15, 0.2) is 0 Å². The summed E-state index contributed by atoms with van der Waals surface area (Å²) in [5.74, 6) is -0.258. The van der Waals surface area contributed by atoms with Crippen molar-refractivity contribution in [3.63, 3.8) is 0 Å². The smallest absolute Gasteiger partial charge is 0.321 e. The van der Waals surface area contributed by atoms with Gasteiger partial charge in [-0.05, 0) is 27.7 Å². The molecule has 0 saturated carbocycles. The van der Waals surface area contributed by atoms with E-state index >= 15 is 0 Å². The van der Waals surface area contributed by atoms with E-state index in [0.29, 0.717) is 6.04 Å². The van der Waals surface area contributed by atoms with Crippen molar-refractivity contribution < 1.29 is 9.59 Å². The Labute approximate surface area is 108 Å². The molecule has 0 aliphatic carbocycles. The topological polar surface area (TPSA) is 73.5 Å². The molecule has 0 aromatic heterocycles. The highest BCUT2D eigenvalue weighted by molar-refractivity contribution is 5.95. The van der Waals surface area contributed by atoms with E-state index in [1.165, 1.54) is 0 Å². The van der Waals surface area contributed by atoms with Crippen molar-refractivity contribution in [1.82, 2.24) is 20.9 Å². The summed E-state index contributed by atoms with van der Waals surface area (Å²) >= 11 is 0. The van der Waals surface area contributed by atoms with Crippen LogP contribution >= 0.6 is 0 Å². The van der Waals surface area contributed by atoms with Gasteiger partial charge in [-0.3, -0.25) is 15.0 Å².